The fraction of sp³-hybridized carbons (Fsp3) is 0.357. The average molecular weight is 518 g/mol. The van der Waals surface area contributed by atoms with Crippen molar-refractivity contribution in [2.45, 2.75) is 60.4 Å². The smallest absolute Gasteiger partial charge is 1.00 e. The van der Waals surface area contributed by atoms with Gasteiger partial charge in [0, 0.05) is 0 Å². The molecule has 169 valence electrons. The monoisotopic (exact) mass is 517 g/mol. The van der Waals surface area contributed by atoms with Crippen LogP contribution in [0.3, 0.4) is 0 Å². The number of allylic oxidation sites excluding steroid dienone is 12. The summed E-state index contributed by atoms with van der Waals surface area (Å²) in [6, 6.07) is 12.5. The molecule has 0 saturated heterocycles. The predicted octanol–water partition coefficient (Wildman–Crippen LogP) is 1.43. The molecule has 0 nitrogen and oxygen atoms in total. The summed E-state index contributed by atoms with van der Waals surface area (Å²) in [4.78, 5) is 0. The van der Waals surface area contributed by atoms with Gasteiger partial charge in [-0.2, -0.15) is 0 Å². The van der Waals surface area contributed by atoms with Gasteiger partial charge >= 0.3 is 188 Å². The number of rotatable bonds is 5. The summed E-state index contributed by atoms with van der Waals surface area (Å²) in [6.07, 6.45) is 12.5. The zero-order valence-corrected chi connectivity index (χ0v) is 24.5. The van der Waals surface area contributed by atoms with Crippen molar-refractivity contribution in [3.63, 3.8) is 0 Å². The van der Waals surface area contributed by atoms with E-state index in [0.29, 0.717) is 12.8 Å². The van der Waals surface area contributed by atoms with Gasteiger partial charge in [0.2, 0.25) is 0 Å². The topological polar surface area (TPSA) is 0 Å². The first-order chi connectivity index (χ1) is 14.3. The van der Waals surface area contributed by atoms with E-state index in [0.717, 1.165) is 0 Å². The molecule has 0 fully saturated rings. The zero-order chi connectivity index (χ0) is 21.5. The third kappa shape index (κ3) is 5.13. The van der Waals surface area contributed by atoms with E-state index in [4.69, 9.17) is 0 Å². The molecule has 1 aromatic rings. The van der Waals surface area contributed by atoms with E-state index in [1.807, 2.05) is 11.6 Å². The van der Waals surface area contributed by atoms with Gasteiger partial charge in [-0.15, -0.1) is 0 Å². The Hall–Kier alpha value is -0.829. The van der Waals surface area contributed by atoms with Crippen LogP contribution in [0.1, 0.15) is 59.9 Å². The second kappa shape index (κ2) is 11.1. The standard InChI is InChI=1S/C7H8Si.3C7H9.2ClH.Ti/c8-6-7-4-2-1-3-5-7;3*1-6-3-4-7(2)5-6;;;/h1-5,8H,6H2;2*5H,3H2,1-2H3;3,5,7H,1-2H3;2*1H;/q;;;;;;+2/p-2. The van der Waals surface area contributed by atoms with E-state index in [1.54, 1.807) is 22.3 Å². The zero-order valence-electron chi connectivity index (χ0n) is 20.2. The molecule has 4 rings (SSSR count). The first-order valence-electron chi connectivity index (χ1n) is 11.3. The first kappa shape index (κ1) is 27.4. The van der Waals surface area contributed by atoms with Gasteiger partial charge in [-0.05, 0) is 0 Å². The molecule has 0 aliphatic heterocycles. The molecule has 0 radical (unpaired) electrons. The normalized spacial score (nSPS) is 19.9. The van der Waals surface area contributed by atoms with E-state index in [9.17, 15) is 0 Å². The second-order valence-electron chi connectivity index (χ2n) is 9.66. The van der Waals surface area contributed by atoms with Crippen LogP contribution in [-0.4, -0.2) is 6.91 Å². The van der Waals surface area contributed by atoms with Crippen LogP contribution in [0.25, 0.3) is 0 Å². The third-order valence-electron chi connectivity index (χ3n) is 7.07. The van der Waals surface area contributed by atoms with E-state index in [-0.39, 0.29) is 24.8 Å². The van der Waals surface area contributed by atoms with Crippen LogP contribution < -0.4 is 24.8 Å². The summed E-state index contributed by atoms with van der Waals surface area (Å²) in [5, 5.41) is 0. The molecule has 0 N–H and O–H groups in total. The number of halogens is 2. The minimum absolute atomic E-state index is 0. The molecular weight excluding hydrogens is 483 g/mol. The number of hydrogen-bond acceptors (Lipinski definition) is 0. The summed E-state index contributed by atoms with van der Waals surface area (Å²) in [6.45, 7) is 14.6. The maximum absolute atomic E-state index is 2.66. The summed E-state index contributed by atoms with van der Waals surface area (Å²) < 4.78 is 5.59. The molecule has 3 aliphatic carbocycles. The van der Waals surface area contributed by atoms with Gasteiger partial charge in [0.05, 0.1) is 0 Å². The quantitative estimate of drug-likeness (QED) is 0.518. The van der Waals surface area contributed by atoms with Crippen molar-refractivity contribution >= 4 is 6.91 Å². The van der Waals surface area contributed by atoms with Crippen molar-refractivity contribution < 1.29 is 40.1 Å². The van der Waals surface area contributed by atoms with Crippen LogP contribution in [0, 0.1) is 5.92 Å². The van der Waals surface area contributed by atoms with Gasteiger partial charge in [0.25, 0.3) is 0 Å². The van der Waals surface area contributed by atoms with Gasteiger partial charge in [-0.3, -0.25) is 0 Å². The van der Waals surface area contributed by atoms with E-state index >= 15 is 0 Å². The molecule has 0 spiro atoms. The molecule has 0 bridgehead atoms. The molecule has 4 heteroatoms. The molecule has 1 unspecified atom stereocenters. The summed E-state index contributed by atoms with van der Waals surface area (Å²) >= 11 is -2.66. The Labute approximate surface area is 211 Å². The maximum atomic E-state index is 2.62. The largest absolute Gasteiger partial charge is 1.00 e. The Bertz CT molecular complexity index is 1080. The van der Waals surface area contributed by atoms with Crippen molar-refractivity contribution in [2.75, 3.05) is 0 Å². The molecule has 0 amide bonds. The van der Waals surface area contributed by atoms with Crippen LogP contribution in [-0.2, 0) is 21.4 Å². The molecule has 0 aromatic heterocycles. The van der Waals surface area contributed by atoms with Crippen molar-refractivity contribution in [1.29, 1.82) is 0 Å². The fourth-order valence-corrected chi connectivity index (χ4v) is 25.1. The van der Waals surface area contributed by atoms with Crippen LogP contribution >= 0.6 is 0 Å². The Kier molecular flexibility index (Phi) is 9.48. The van der Waals surface area contributed by atoms with Gasteiger partial charge in [-0.25, -0.2) is 0 Å². The maximum Gasteiger partial charge on any atom is -1.00 e. The van der Waals surface area contributed by atoms with Crippen molar-refractivity contribution in [3.05, 3.63) is 99.7 Å². The summed E-state index contributed by atoms with van der Waals surface area (Å²) in [7, 11) is 0. The van der Waals surface area contributed by atoms with Crippen molar-refractivity contribution in [1.82, 2.24) is 0 Å². The van der Waals surface area contributed by atoms with Gasteiger partial charge in [0.15, 0.2) is 0 Å². The van der Waals surface area contributed by atoms with Crippen molar-refractivity contribution in [3.8, 4) is 0 Å². The minimum Gasteiger partial charge on any atom is -1.00 e. The molecular formula is C28H35Cl2SiTi. The fourth-order valence-electron chi connectivity index (χ4n) is 5.91. The Morgan fingerprint density at radius 3 is 1.75 bits per heavy atom. The number of hydrogen-bond donors (Lipinski definition) is 0. The van der Waals surface area contributed by atoms with Crippen molar-refractivity contribution in [2.24, 2.45) is 5.92 Å². The average Bonchev–Trinajstić information content (AvgIpc) is 3.34. The predicted molar refractivity (Wildman–Crippen MR) is 130 cm³/mol. The van der Waals surface area contributed by atoms with E-state index in [1.165, 1.54) is 30.0 Å². The molecule has 1 aromatic carbocycles. The van der Waals surface area contributed by atoms with Crippen LogP contribution in [0.5, 0.6) is 0 Å². The molecule has 3 aliphatic rings. The minimum atomic E-state index is -2.66. The molecule has 32 heavy (non-hydrogen) atoms. The van der Waals surface area contributed by atoms with Gasteiger partial charge < -0.3 is 24.8 Å². The van der Waals surface area contributed by atoms with E-state index < -0.39 is 15.3 Å². The molecule has 0 heterocycles. The third-order valence-corrected chi connectivity index (χ3v) is 23.5. The Morgan fingerprint density at radius 2 is 1.34 bits per heavy atom. The van der Waals surface area contributed by atoms with Gasteiger partial charge in [0.1, 0.15) is 0 Å². The van der Waals surface area contributed by atoms with E-state index in [2.05, 4.69) is 96.2 Å². The summed E-state index contributed by atoms with van der Waals surface area (Å²) in [5.41, 5.74) is 9.32. The second-order valence-corrected chi connectivity index (χ2v) is 21.3. The Morgan fingerprint density at radius 1 is 0.812 bits per heavy atom. The van der Waals surface area contributed by atoms with Gasteiger partial charge in [-0.1, -0.05) is 0 Å². The van der Waals surface area contributed by atoms with Crippen LogP contribution in [0.15, 0.2) is 94.1 Å². The Balaban J connectivity index is 0.00000181. The molecule has 1 atom stereocenters. The SMILES string of the molecule is CC1=CC(C)[C]([Ti+2](=[SiH]Cc2ccccc2)([C]2=C(C)C=C(C)C2)[C]2=C(C)C=C(C)C2)=C1.[Cl-].[Cl-]. The van der Waals surface area contributed by atoms with Crippen LogP contribution in [0.2, 0.25) is 0 Å². The van der Waals surface area contributed by atoms with Crippen LogP contribution in [0.4, 0.5) is 0 Å². The number of benzene rings is 1. The molecule has 0 saturated carbocycles. The summed E-state index contributed by atoms with van der Waals surface area (Å²) in [5.74, 6) is 0.593. The first-order valence-corrected chi connectivity index (χ1v) is 17.8.